The third-order valence-corrected chi connectivity index (χ3v) is 13.3. The van der Waals surface area contributed by atoms with Gasteiger partial charge in [0.25, 0.3) is 0 Å². The number of aliphatic hydroxyl groups is 2. The summed E-state index contributed by atoms with van der Waals surface area (Å²) in [5.74, 6) is -0.0598. The molecule has 0 bridgehead atoms. The van der Waals surface area contributed by atoms with E-state index in [2.05, 4.69) is 67.8 Å². The maximum absolute atomic E-state index is 12.4. The Bertz CT molecular complexity index is 1070. The zero-order chi connectivity index (χ0) is 47.0. The first-order chi connectivity index (χ1) is 32.2. The smallest absolute Gasteiger partial charge is 0.220 e. The van der Waals surface area contributed by atoms with Gasteiger partial charge in [-0.1, -0.05) is 299 Å². The van der Waals surface area contributed by atoms with E-state index in [1.165, 1.54) is 231 Å². The summed E-state index contributed by atoms with van der Waals surface area (Å²) in [6, 6.07) is -0.620. The molecule has 0 aliphatic rings. The summed E-state index contributed by atoms with van der Waals surface area (Å²) in [5, 5.41) is 23.1. The second-order valence-corrected chi connectivity index (χ2v) is 19.7. The Morgan fingerprint density at radius 3 is 1.02 bits per heavy atom. The molecule has 4 heteroatoms. The number of amides is 1. The molecular formula is C61H113NO3. The molecule has 380 valence electrons. The minimum Gasteiger partial charge on any atom is -0.394 e. The summed E-state index contributed by atoms with van der Waals surface area (Å²) in [4.78, 5) is 12.4. The summed E-state index contributed by atoms with van der Waals surface area (Å²) in [5.41, 5.74) is 0. The van der Waals surface area contributed by atoms with Crippen LogP contribution in [0.1, 0.15) is 303 Å². The quantitative estimate of drug-likeness (QED) is 0.0421. The van der Waals surface area contributed by atoms with Gasteiger partial charge in [0.2, 0.25) is 5.91 Å². The second kappa shape index (κ2) is 56.4. The number of allylic oxidation sites excluding steroid dienone is 9. The number of nitrogens with one attached hydrogen (secondary N) is 1. The van der Waals surface area contributed by atoms with E-state index in [1.54, 1.807) is 6.08 Å². The third-order valence-electron chi connectivity index (χ3n) is 13.3. The van der Waals surface area contributed by atoms with E-state index in [0.717, 1.165) is 51.4 Å². The highest BCUT2D eigenvalue weighted by Gasteiger charge is 2.18. The molecule has 0 heterocycles. The van der Waals surface area contributed by atoms with Crippen molar-refractivity contribution in [2.24, 2.45) is 0 Å². The van der Waals surface area contributed by atoms with Gasteiger partial charge in [0.15, 0.2) is 0 Å². The van der Waals surface area contributed by atoms with Crippen LogP contribution < -0.4 is 5.32 Å². The van der Waals surface area contributed by atoms with Gasteiger partial charge in [0.1, 0.15) is 0 Å². The highest BCUT2D eigenvalue weighted by Crippen LogP contribution is 2.17. The zero-order valence-corrected chi connectivity index (χ0v) is 43.8. The summed E-state index contributed by atoms with van der Waals surface area (Å²) < 4.78 is 0. The van der Waals surface area contributed by atoms with Crippen LogP contribution in [0, 0.1) is 0 Å². The van der Waals surface area contributed by atoms with Crippen molar-refractivity contribution in [3.05, 3.63) is 60.8 Å². The van der Waals surface area contributed by atoms with Crippen molar-refractivity contribution in [2.45, 2.75) is 315 Å². The van der Waals surface area contributed by atoms with E-state index in [-0.39, 0.29) is 12.5 Å². The number of hydrogen-bond donors (Lipinski definition) is 3. The number of carbonyl (C=O) groups excluding carboxylic acids is 1. The van der Waals surface area contributed by atoms with Gasteiger partial charge in [-0.25, -0.2) is 0 Å². The molecule has 0 rings (SSSR count). The molecule has 0 radical (unpaired) electrons. The first-order valence-electron chi connectivity index (χ1n) is 29.0. The molecule has 3 N–H and O–H groups in total. The Balaban J connectivity index is 3.39. The molecule has 0 spiro atoms. The lowest BCUT2D eigenvalue weighted by atomic mass is 10.0. The van der Waals surface area contributed by atoms with Crippen LogP contribution in [0.25, 0.3) is 0 Å². The fraction of sp³-hybridized carbons (Fsp3) is 0.820. The van der Waals surface area contributed by atoms with Gasteiger partial charge >= 0.3 is 0 Å². The predicted molar refractivity (Wildman–Crippen MR) is 290 cm³/mol. The van der Waals surface area contributed by atoms with Crippen molar-refractivity contribution in [1.29, 1.82) is 0 Å². The van der Waals surface area contributed by atoms with Crippen LogP contribution in [-0.2, 0) is 4.79 Å². The lowest BCUT2D eigenvalue weighted by molar-refractivity contribution is -0.123. The maximum atomic E-state index is 12.4. The summed E-state index contributed by atoms with van der Waals surface area (Å²) in [6.45, 7) is 4.21. The standard InChI is InChI=1S/C61H113NO3/c1-3-5-7-9-11-13-15-17-19-20-21-22-23-24-25-26-27-28-29-30-31-32-33-34-35-36-37-38-39-40-41-42-43-45-47-49-51-53-55-57-61(65)62-59(58-63)60(64)56-54-52-50-48-46-44-18-16-14-12-10-8-6-4-2/h5,7,11,13,17,19,21-22,54,56,59-60,63-64H,3-4,6,8-10,12,14-16,18,20,23-53,55,57-58H2,1-2H3,(H,62,65)/b7-5-,13-11-,19-17-,22-21-,56-54+. The number of rotatable bonds is 53. The van der Waals surface area contributed by atoms with Gasteiger partial charge in [-0.3, -0.25) is 4.79 Å². The molecule has 0 aliphatic heterocycles. The fourth-order valence-electron chi connectivity index (χ4n) is 8.88. The average Bonchev–Trinajstić information content (AvgIpc) is 3.31. The Labute approximate surface area is 406 Å². The molecule has 2 unspecified atom stereocenters. The first-order valence-corrected chi connectivity index (χ1v) is 29.0. The van der Waals surface area contributed by atoms with Crippen molar-refractivity contribution < 1.29 is 15.0 Å². The Kier molecular flexibility index (Phi) is 54.8. The Hall–Kier alpha value is -1.91. The van der Waals surface area contributed by atoms with E-state index in [4.69, 9.17) is 0 Å². The largest absolute Gasteiger partial charge is 0.394 e. The lowest BCUT2D eigenvalue weighted by Gasteiger charge is -2.20. The van der Waals surface area contributed by atoms with E-state index >= 15 is 0 Å². The number of aliphatic hydroxyl groups excluding tert-OH is 2. The van der Waals surface area contributed by atoms with E-state index in [9.17, 15) is 15.0 Å². The van der Waals surface area contributed by atoms with Crippen LogP contribution in [0.5, 0.6) is 0 Å². The minimum atomic E-state index is -0.837. The molecule has 1 amide bonds. The number of carbonyl (C=O) groups is 1. The Morgan fingerprint density at radius 1 is 0.385 bits per heavy atom. The van der Waals surface area contributed by atoms with Gasteiger partial charge in [-0.05, 0) is 57.8 Å². The first kappa shape index (κ1) is 63.1. The van der Waals surface area contributed by atoms with Crippen LogP contribution in [0.2, 0.25) is 0 Å². The average molecular weight is 909 g/mol. The van der Waals surface area contributed by atoms with Gasteiger partial charge < -0.3 is 15.5 Å². The molecule has 65 heavy (non-hydrogen) atoms. The van der Waals surface area contributed by atoms with E-state index in [0.29, 0.717) is 6.42 Å². The molecule has 0 aromatic heterocycles. The monoisotopic (exact) mass is 908 g/mol. The normalized spacial score (nSPS) is 13.2. The molecule has 0 saturated carbocycles. The molecule has 0 aliphatic carbocycles. The van der Waals surface area contributed by atoms with Crippen molar-refractivity contribution in [1.82, 2.24) is 5.32 Å². The second-order valence-electron chi connectivity index (χ2n) is 19.7. The number of hydrogen-bond acceptors (Lipinski definition) is 3. The third kappa shape index (κ3) is 52.9. The van der Waals surface area contributed by atoms with E-state index in [1.807, 2.05) is 6.08 Å². The van der Waals surface area contributed by atoms with Crippen LogP contribution in [-0.4, -0.2) is 34.9 Å². The van der Waals surface area contributed by atoms with Gasteiger partial charge in [-0.2, -0.15) is 0 Å². The summed E-state index contributed by atoms with van der Waals surface area (Å²) in [7, 11) is 0. The van der Waals surface area contributed by atoms with Crippen molar-refractivity contribution in [2.75, 3.05) is 6.61 Å². The van der Waals surface area contributed by atoms with E-state index < -0.39 is 12.1 Å². The predicted octanol–water partition coefficient (Wildman–Crippen LogP) is 19.2. The maximum Gasteiger partial charge on any atom is 0.220 e. The molecule has 0 saturated heterocycles. The van der Waals surface area contributed by atoms with Crippen LogP contribution in [0.15, 0.2) is 60.8 Å². The number of unbranched alkanes of at least 4 members (excludes halogenated alkanes) is 38. The molecule has 0 aromatic carbocycles. The lowest BCUT2D eigenvalue weighted by Crippen LogP contribution is -2.45. The van der Waals surface area contributed by atoms with Crippen LogP contribution in [0.3, 0.4) is 0 Å². The SMILES string of the molecule is CC/C=C\C/C=C\C/C=C\C/C=C\CCCCCCCCCCCCCCCCCCCCCCCCCCCCC(=O)NC(CO)C(O)/C=C/CCCCCCCCCCCCCC. The van der Waals surface area contributed by atoms with Gasteiger partial charge in [0, 0.05) is 6.42 Å². The topological polar surface area (TPSA) is 69.6 Å². The summed E-state index contributed by atoms with van der Waals surface area (Å²) in [6.07, 6.45) is 79.8. The summed E-state index contributed by atoms with van der Waals surface area (Å²) >= 11 is 0. The molecule has 2 atom stereocenters. The van der Waals surface area contributed by atoms with Gasteiger partial charge in [0.05, 0.1) is 18.8 Å². The molecular weight excluding hydrogens is 795 g/mol. The van der Waals surface area contributed by atoms with Crippen LogP contribution in [0.4, 0.5) is 0 Å². The molecule has 0 aromatic rings. The Morgan fingerprint density at radius 2 is 0.677 bits per heavy atom. The highest BCUT2D eigenvalue weighted by molar-refractivity contribution is 5.76. The van der Waals surface area contributed by atoms with Crippen molar-refractivity contribution in [3.63, 3.8) is 0 Å². The molecule has 0 fully saturated rings. The van der Waals surface area contributed by atoms with Gasteiger partial charge in [-0.15, -0.1) is 0 Å². The fourth-order valence-corrected chi connectivity index (χ4v) is 8.88. The van der Waals surface area contributed by atoms with Crippen molar-refractivity contribution >= 4 is 5.91 Å². The highest BCUT2D eigenvalue weighted by atomic mass is 16.3. The van der Waals surface area contributed by atoms with Crippen LogP contribution >= 0.6 is 0 Å². The molecule has 4 nitrogen and oxygen atoms in total. The zero-order valence-electron chi connectivity index (χ0n) is 43.8. The van der Waals surface area contributed by atoms with Crippen molar-refractivity contribution in [3.8, 4) is 0 Å². The minimum absolute atomic E-state index is 0.0598.